The fourth-order valence-corrected chi connectivity index (χ4v) is 5.76. The van der Waals surface area contributed by atoms with Crippen LogP contribution in [0.2, 0.25) is 0 Å². The fourth-order valence-electron chi connectivity index (χ4n) is 5.76. The Balaban J connectivity index is 1.21. The van der Waals surface area contributed by atoms with Crippen molar-refractivity contribution >= 4 is 29.2 Å². The van der Waals surface area contributed by atoms with E-state index in [1.807, 2.05) is 60.3 Å². The molecule has 2 aromatic rings. The van der Waals surface area contributed by atoms with E-state index in [9.17, 15) is 14.7 Å². The van der Waals surface area contributed by atoms with Gasteiger partial charge in [-0.15, -0.1) is 0 Å². The number of guanidine groups is 1. The Morgan fingerprint density at radius 1 is 1.05 bits per heavy atom. The van der Waals surface area contributed by atoms with Crippen LogP contribution in [-0.4, -0.2) is 79.2 Å². The molecule has 0 spiro atoms. The van der Waals surface area contributed by atoms with Gasteiger partial charge in [0.15, 0.2) is 11.7 Å². The normalized spacial score (nSPS) is 15.0. The van der Waals surface area contributed by atoms with Gasteiger partial charge in [0, 0.05) is 51.8 Å². The van der Waals surface area contributed by atoms with Gasteiger partial charge < -0.3 is 35.0 Å². The van der Waals surface area contributed by atoms with Crippen LogP contribution < -0.4 is 20.1 Å². The first kappa shape index (κ1) is 32.1. The van der Waals surface area contributed by atoms with E-state index in [4.69, 9.17) is 15.2 Å². The zero-order valence-electron chi connectivity index (χ0n) is 25.7. The van der Waals surface area contributed by atoms with Gasteiger partial charge in [-0.3, -0.25) is 4.79 Å². The van der Waals surface area contributed by atoms with Crippen LogP contribution >= 0.6 is 0 Å². The average molecular weight is 594 g/mol. The highest BCUT2D eigenvalue weighted by Gasteiger charge is 2.25. The van der Waals surface area contributed by atoms with Gasteiger partial charge in [-0.05, 0) is 68.9 Å². The third-order valence-electron chi connectivity index (χ3n) is 8.06. The molecule has 1 heterocycles. The average Bonchev–Trinajstić information content (AvgIpc) is 3.00. The smallest absolute Gasteiger partial charge is 0.331 e. The summed E-state index contributed by atoms with van der Waals surface area (Å²) in [7, 11) is 3.79. The number of aliphatic hydroxyl groups excluding tert-OH is 1. The van der Waals surface area contributed by atoms with Gasteiger partial charge in [0.2, 0.25) is 5.91 Å². The van der Waals surface area contributed by atoms with Crippen molar-refractivity contribution < 1.29 is 24.2 Å². The molecule has 0 atom stereocenters. The first-order chi connectivity index (χ1) is 20.9. The number of nitrogens with zero attached hydrogens (tertiary/aromatic N) is 4. The van der Waals surface area contributed by atoms with Gasteiger partial charge in [0.05, 0.1) is 18.0 Å². The monoisotopic (exact) mass is 593 g/mol. The highest BCUT2D eigenvalue weighted by atomic mass is 16.5. The second kappa shape index (κ2) is 16.2. The van der Waals surface area contributed by atoms with Gasteiger partial charge in [-0.2, -0.15) is 0 Å². The summed E-state index contributed by atoms with van der Waals surface area (Å²) in [6.45, 7) is 1.71. The van der Waals surface area contributed by atoms with E-state index in [0.29, 0.717) is 44.3 Å². The SMILES string of the molecule is CN(C)c1ccccc1OC(=O)CN1Cc2cc(OCCCCCC(=O)N(CCCO)C3CCCCC3)ccc2N=C1N. The highest BCUT2D eigenvalue weighted by Crippen LogP contribution is 2.30. The molecule has 4 rings (SSSR count). The van der Waals surface area contributed by atoms with E-state index in [0.717, 1.165) is 54.8 Å². The molecule has 1 fully saturated rings. The van der Waals surface area contributed by atoms with Gasteiger partial charge in [0.25, 0.3) is 0 Å². The van der Waals surface area contributed by atoms with E-state index in [-0.39, 0.29) is 25.0 Å². The number of para-hydroxylation sites is 2. The van der Waals surface area contributed by atoms with Gasteiger partial charge in [0.1, 0.15) is 12.3 Å². The van der Waals surface area contributed by atoms with Crippen molar-refractivity contribution in [2.45, 2.75) is 76.8 Å². The molecule has 2 aromatic carbocycles. The number of nitrogens with two attached hydrogens (primary N) is 1. The second-order valence-electron chi connectivity index (χ2n) is 11.6. The summed E-state index contributed by atoms with van der Waals surface area (Å²) in [5, 5.41) is 9.27. The zero-order chi connectivity index (χ0) is 30.6. The van der Waals surface area contributed by atoms with Crippen LogP contribution in [0.4, 0.5) is 11.4 Å². The number of amides is 1. The summed E-state index contributed by atoms with van der Waals surface area (Å²) in [5.74, 6) is 1.30. The molecule has 3 N–H and O–H groups in total. The van der Waals surface area contributed by atoms with Crippen molar-refractivity contribution in [1.82, 2.24) is 9.80 Å². The number of hydrogen-bond acceptors (Lipinski definition) is 9. The summed E-state index contributed by atoms with van der Waals surface area (Å²) >= 11 is 0. The van der Waals surface area contributed by atoms with Crippen molar-refractivity contribution in [1.29, 1.82) is 0 Å². The molecular formula is C33H47N5O5. The first-order valence-electron chi connectivity index (χ1n) is 15.6. The highest BCUT2D eigenvalue weighted by molar-refractivity contribution is 5.88. The number of carbonyl (C=O) groups is 2. The standard InChI is InChI=1S/C33H47N5O5/c1-36(2)29-14-8-9-15-30(29)43-32(41)24-37-23-25-22-27(17-18-28(25)35-33(37)34)42-21-10-4-7-16-31(40)38(19-11-20-39)26-12-5-3-6-13-26/h8-9,14-15,17-18,22,26,39H,3-7,10-13,16,19-21,23-24H2,1-2H3,(H2,34,35). The van der Waals surface area contributed by atoms with Gasteiger partial charge >= 0.3 is 5.97 Å². The number of anilines is 1. The molecule has 0 saturated heterocycles. The summed E-state index contributed by atoms with van der Waals surface area (Å²) < 4.78 is 11.7. The Morgan fingerprint density at radius 3 is 2.60 bits per heavy atom. The van der Waals surface area contributed by atoms with E-state index >= 15 is 0 Å². The lowest BCUT2D eigenvalue weighted by atomic mass is 9.93. The van der Waals surface area contributed by atoms with Crippen LogP contribution in [0, 0.1) is 0 Å². The molecule has 1 amide bonds. The largest absolute Gasteiger partial charge is 0.494 e. The summed E-state index contributed by atoms with van der Waals surface area (Å²) in [6.07, 6.45) is 9.55. The fraction of sp³-hybridized carbons (Fsp3) is 0.545. The number of carbonyl (C=O) groups excluding carboxylic acids is 2. The maximum absolute atomic E-state index is 12.9. The Morgan fingerprint density at radius 2 is 1.84 bits per heavy atom. The molecule has 0 radical (unpaired) electrons. The number of benzene rings is 2. The minimum absolute atomic E-state index is 0.0292. The number of unbranched alkanes of at least 4 members (excludes halogenated alkanes) is 2. The molecule has 0 bridgehead atoms. The minimum atomic E-state index is -0.419. The number of aliphatic imine (C=N–C) groups is 1. The molecule has 1 aliphatic carbocycles. The molecule has 43 heavy (non-hydrogen) atoms. The van der Waals surface area contributed by atoms with Crippen LogP contribution in [0.15, 0.2) is 47.5 Å². The third kappa shape index (κ3) is 9.35. The number of rotatable bonds is 15. The Labute approximate surface area is 255 Å². The second-order valence-corrected chi connectivity index (χ2v) is 11.6. The number of esters is 1. The topological polar surface area (TPSA) is 121 Å². The van der Waals surface area contributed by atoms with Crippen molar-refractivity contribution in [2.24, 2.45) is 10.7 Å². The molecule has 2 aliphatic rings. The van der Waals surface area contributed by atoms with Crippen LogP contribution in [0.5, 0.6) is 11.5 Å². The molecule has 1 aliphatic heterocycles. The number of aliphatic hydroxyl groups is 1. The lowest BCUT2D eigenvalue weighted by molar-refractivity contribution is -0.135. The zero-order valence-corrected chi connectivity index (χ0v) is 25.7. The van der Waals surface area contributed by atoms with E-state index in [1.54, 1.807) is 11.0 Å². The number of hydrogen-bond donors (Lipinski definition) is 2. The third-order valence-corrected chi connectivity index (χ3v) is 8.06. The molecule has 10 heteroatoms. The predicted octanol–water partition coefficient (Wildman–Crippen LogP) is 4.60. The van der Waals surface area contributed by atoms with Crippen molar-refractivity contribution in [3.63, 3.8) is 0 Å². The number of fused-ring (bicyclic) bond motifs is 1. The molecule has 1 saturated carbocycles. The van der Waals surface area contributed by atoms with Crippen LogP contribution in [0.3, 0.4) is 0 Å². The summed E-state index contributed by atoms with van der Waals surface area (Å²) in [4.78, 5) is 35.8. The first-order valence-corrected chi connectivity index (χ1v) is 15.6. The molecule has 10 nitrogen and oxygen atoms in total. The van der Waals surface area contributed by atoms with E-state index in [2.05, 4.69) is 4.99 Å². The maximum atomic E-state index is 12.9. The van der Waals surface area contributed by atoms with Crippen molar-refractivity contribution in [3.8, 4) is 11.5 Å². The summed E-state index contributed by atoms with van der Waals surface area (Å²) in [5.41, 5.74) is 8.67. The molecular weight excluding hydrogens is 546 g/mol. The quantitative estimate of drug-likeness (QED) is 0.175. The minimum Gasteiger partial charge on any atom is -0.494 e. The molecule has 0 unspecified atom stereocenters. The van der Waals surface area contributed by atoms with E-state index in [1.165, 1.54) is 19.3 Å². The lowest BCUT2D eigenvalue weighted by Gasteiger charge is -2.34. The van der Waals surface area contributed by atoms with Crippen molar-refractivity contribution in [3.05, 3.63) is 48.0 Å². The van der Waals surface area contributed by atoms with Gasteiger partial charge in [-0.1, -0.05) is 31.4 Å². The Bertz CT molecular complexity index is 1240. The summed E-state index contributed by atoms with van der Waals surface area (Å²) in [6, 6.07) is 13.4. The Hall–Kier alpha value is -3.79. The van der Waals surface area contributed by atoms with Crippen LogP contribution in [0.1, 0.15) is 69.8 Å². The van der Waals surface area contributed by atoms with Crippen molar-refractivity contribution in [2.75, 3.05) is 45.3 Å². The van der Waals surface area contributed by atoms with Crippen LogP contribution in [0.25, 0.3) is 0 Å². The van der Waals surface area contributed by atoms with E-state index < -0.39 is 5.97 Å². The lowest BCUT2D eigenvalue weighted by Crippen LogP contribution is -2.42. The maximum Gasteiger partial charge on any atom is 0.331 e. The van der Waals surface area contributed by atoms with Gasteiger partial charge in [-0.25, -0.2) is 9.79 Å². The molecule has 234 valence electrons. The Kier molecular flexibility index (Phi) is 12.1. The predicted molar refractivity (Wildman–Crippen MR) is 169 cm³/mol. The van der Waals surface area contributed by atoms with Crippen LogP contribution in [-0.2, 0) is 16.1 Å². The number of ether oxygens (including phenoxy) is 2. The molecule has 0 aromatic heterocycles.